The summed E-state index contributed by atoms with van der Waals surface area (Å²) in [6.07, 6.45) is 4.84. The summed E-state index contributed by atoms with van der Waals surface area (Å²) in [6, 6.07) is 7.56. The molecule has 0 saturated carbocycles. The van der Waals surface area contributed by atoms with Crippen molar-refractivity contribution >= 4 is 40.0 Å². The highest BCUT2D eigenvalue weighted by atomic mass is 32.2. The molecule has 2 aromatic rings. The van der Waals surface area contributed by atoms with Crippen molar-refractivity contribution in [1.82, 2.24) is 0 Å². The molecule has 0 spiro atoms. The van der Waals surface area contributed by atoms with Gasteiger partial charge in [0, 0.05) is 9.77 Å². The number of hydrogen-bond donors (Lipinski definition) is 1. The molecule has 0 unspecified atom stereocenters. The number of benzene rings is 1. The van der Waals surface area contributed by atoms with Gasteiger partial charge in [0.1, 0.15) is 10.8 Å². The van der Waals surface area contributed by atoms with Gasteiger partial charge in [-0.2, -0.15) is 0 Å². The average Bonchev–Trinajstić information content (AvgIpc) is 3.21. The van der Waals surface area contributed by atoms with Crippen molar-refractivity contribution in [2.45, 2.75) is 31.1 Å². The van der Waals surface area contributed by atoms with Gasteiger partial charge in [-0.3, -0.25) is 4.79 Å². The van der Waals surface area contributed by atoms with Crippen molar-refractivity contribution < 1.29 is 19.1 Å². The van der Waals surface area contributed by atoms with Crippen molar-refractivity contribution in [3.05, 3.63) is 40.3 Å². The maximum atomic E-state index is 12.3. The fourth-order valence-corrected chi connectivity index (χ4v) is 4.60. The van der Waals surface area contributed by atoms with Crippen LogP contribution in [-0.2, 0) is 22.4 Å². The third-order valence-electron chi connectivity index (χ3n) is 4.08. The Balaban J connectivity index is 1.66. The fourth-order valence-electron chi connectivity index (χ4n) is 2.90. The number of amides is 1. The average molecular weight is 392 g/mol. The lowest BCUT2D eigenvalue weighted by Crippen LogP contribution is -2.21. The molecule has 1 amide bonds. The van der Waals surface area contributed by atoms with E-state index in [0.29, 0.717) is 22.9 Å². The molecule has 0 radical (unpaired) electrons. The highest BCUT2D eigenvalue weighted by Gasteiger charge is 2.28. The second kappa shape index (κ2) is 8.60. The lowest BCUT2D eigenvalue weighted by Gasteiger charge is -2.09. The van der Waals surface area contributed by atoms with Crippen LogP contribution in [0.25, 0.3) is 0 Å². The van der Waals surface area contributed by atoms with E-state index in [1.807, 2.05) is 30.5 Å². The van der Waals surface area contributed by atoms with Gasteiger partial charge in [-0.25, -0.2) is 4.79 Å². The molecule has 1 aromatic heterocycles. The molecule has 138 valence electrons. The molecule has 1 aromatic carbocycles. The molecular formula is C19H21NO4S2. The Kier molecular flexibility index (Phi) is 6.21. The third-order valence-corrected chi connectivity index (χ3v) is 6.03. The number of nitrogens with one attached hydrogen (secondary N) is 1. The molecule has 0 aliphatic heterocycles. The number of thioether (sulfide) groups is 1. The first-order valence-electron chi connectivity index (χ1n) is 8.50. The largest absolute Gasteiger partial charge is 0.484 e. The summed E-state index contributed by atoms with van der Waals surface area (Å²) in [7, 11) is 0. The summed E-state index contributed by atoms with van der Waals surface area (Å²) in [6.45, 7) is 1.98. The van der Waals surface area contributed by atoms with E-state index in [-0.39, 0.29) is 18.5 Å². The Morgan fingerprint density at radius 3 is 2.69 bits per heavy atom. The maximum absolute atomic E-state index is 12.3. The van der Waals surface area contributed by atoms with Crippen LogP contribution in [0.3, 0.4) is 0 Å². The van der Waals surface area contributed by atoms with Gasteiger partial charge in [0.25, 0.3) is 5.91 Å². The number of anilines is 1. The molecule has 1 aliphatic carbocycles. The molecule has 5 nitrogen and oxygen atoms in total. The van der Waals surface area contributed by atoms with Gasteiger partial charge in [-0.15, -0.1) is 23.1 Å². The number of hydrogen-bond acceptors (Lipinski definition) is 6. The Hall–Kier alpha value is -1.99. The molecule has 3 rings (SSSR count). The number of carbonyl (C=O) groups excluding carboxylic acids is 2. The van der Waals surface area contributed by atoms with Gasteiger partial charge >= 0.3 is 5.97 Å². The number of carbonyl (C=O) groups is 2. The zero-order valence-electron chi connectivity index (χ0n) is 14.8. The van der Waals surface area contributed by atoms with Crippen LogP contribution in [-0.4, -0.2) is 31.3 Å². The van der Waals surface area contributed by atoms with Crippen LogP contribution in [0, 0.1) is 0 Å². The lowest BCUT2D eigenvalue weighted by atomic mass is 10.1. The summed E-state index contributed by atoms with van der Waals surface area (Å²) < 4.78 is 10.7. The van der Waals surface area contributed by atoms with E-state index >= 15 is 0 Å². The third kappa shape index (κ3) is 4.22. The SMILES string of the molecule is CCOC(=O)c1c(NC(=O)COc2ccc(SC)cc2)sc2c1CCC2. The minimum Gasteiger partial charge on any atom is -0.484 e. The molecule has 26 heavy (non-hydrogen) atoms. The topological polar surface area (TPSA) is 64.6 Å². The van der Waals surface area contributed by atoms with E-state index in [2.05, 4.69) is 5.32 Å². The number of fused-ring (bicyclic) bond motifs is 1. The first-order chi connectivity index (χ1) is 12.6. The first kappa shape index (κ1) is 18.8. The molecule has 0 bridgehead atoms. The van der Waals surface area contributed by atoms with Gasteiger partial charge in [0.2, 0.25) is 0 Å². The minimum atomic E-state index is -0.365. The van der Waals surface area contributed by atoms with E-state index in [1.54, 1.807) is 18.7 Å². The second-order valence-corrected chi connectivity index (χ2v) is 7.78. The van der Waals surface area contributed by atoms with Crippen LogP contribution >= 0.6 is 23.1 Å². The summed E-state index contributed by atoms with van der Waals surface area (Å²) in [5.74, 6) is -0.0163. The van der Waals surface area contributed by atoms with Crippen molar-refractivity contribution in [2.75, 3.05) is 24.8 Å². The van der Waals surface area contributed by atoms with Crippen molar-refractivity contribution in [2.24, 2.45) is 0 Å². The summed E-state index contributed by atoms with van der Waals surface area (Å²) in [5.41, 5.74) is 1.54. The zero-order valence-corrected chi connectivity index (χ0v) is 16.4. The minimum absolute atomic E-state index is 0.108. The Bertz CT molecular complexity index is 799. The van der Waals surface area contributed by atoms with Crippen LogP contribution in [0.2, 0.25) is 0 Å². The van der Waals surface area contributed by atoms with Crippen molar-refractivity contribution in [1.29, 1.82) is 0 Å². The Morgan fingerprint density at radius 2 is 2.00 bits per heavy atom. The van der Waals surface area contributed by atoms with Crippen molar-refractivity contribution in [3.63, 3.8) is 0 Å². The quantitative estimate of drug-likeness (QED) is 0.567. The number of rotatable bonds is 7. The van der Waals surface area contributed by atoms with Crippen molar-refractivity contribution in [3.8, 4) is 5.75 Å². The first-order valence-corrected chi connectivity index (χ1v) is 10.5. The molecule has 1 aliphatic rings. The van der Waals surface area contributed by atoms with Gasteiger partial charge in [0.05, 0.1) is 12.2 Å². The van der Waals surface area contributed by atoms with Crippen LogP contribution in [0.4, 0.5) is 5.00 Å². The highest BCUT2D eigenvalue weighted by Crippen LogP contribution is 2.39. The summed E-state index contributed by atoms with van der Waals surface area (Å²) in [5, 5.41) is 3.39. The van der Waals surface area contributed by atoms with Gasteiger partial charge in [0.15, 0.2) is 6.61 Å². The predicted molar refractivity (Wildman–Crippen MR) is 105 cm³/mol. The molecule has 0 fully saturated rings. The zero-order chi connectivity index (χ0) is 18.5. The smallest absolute Gasteiger partial charge is 0.341 e. The molecular weight excluding hydrogens is 370 g/mol. The second-order valence-electron chi connectivity index (χ2n) is 5.79. The van der Waals surface area contributed by atoms with Crippen LogP contribution < -0.4 is 10.1 Å². The summed E-state index contributed by atoms with van der Waals surface area (Å²) in [4.78, 5) is 26.9. The van der Waals surface area contributed by atoms with E-state index in [0.717, 1.165) is 34.6 Å². The molecule has 1 N–H and O–H groups in total. The fraction of sp³-hybridized carbons (Fsp3) is 0.368. The Morgan fingerprint density at radius 1 is 1.23 bits per heavy atom. The van der Waals surface area contributed by atoms with Crippen LogP contribution in [0.15, 0.2) is 29.2 Å². The van der Waals surface area contributed by atoms with E-state index in [4.69, 9.17) is 9.47 Å². The molecule has 7 heteroatoms. The molecule has 0 atom stereocenters. The number of esters is 1. The number of aryl methyl sites for hydroxylation is 1. The van der Waals surface area contributed by atoms with E-state index < -0.39 is 0 Å². The lowest BCUT2D eigenvalue weighted by molar-refractivity contribution is -0.118. The highest BCUT2D eigenvalue weighted by molar-refractivity contribution is 7.98. The van der Waals surface area contributed by atoms with E-state index in [9.17, 15) is 9.59 Å². The Labute approximate surface area is 161 Å². The number of ether oxygens (including phenoxy) is 2. The van der Waals surface area contributed by atoms with Crippen LogP contribution in [0.5, 0.6) is 5.75 Å². The summed E-state index contributed by atoms with van der Waals surface area (Å²) >= 11 is 3.11. The van der Waals surface area contributed by atoms with E-state index in [1.165, 1.54) is 11.3 Å². The monoisotopic (exact) mass is 391 g/mol. The molecule has 1 heterocycles. The number of thiophene rings is 1. The van der Waals surface area contributed by atoms with Crippen LogP contribution in [0.1, 0.15) is 34.1 Å². The predicted octanol–water partition coefficient (Wildman–Crippen LogP) is 4.15. The standard InChI is InChI=1S/C19H21NO4S2/c1-3-23-19(22)17-14-5-4-6-15(14)26-18(17)20-16(21)11-24-12-7-9-13(25-2)10-8-12/h7-10H,3-6,11H2,1-2H3,(H,20,21). The van der Waals surface area contributed by atoms with Gasteiger partial charge < -0.3 is 14.8 Å². The van der Waals surface area contributed by atoms with Gasteiger partial charge in [-0.05, 0) is 62.3 Å². The molecule has 0 saturated heterocycles. The van der Waals surface area contributed by atoms with Gasteiger partial charge in [-0.1, -0.05) is 0 Å². The normalized spacial score (nSPS) is 12.5. The maximum Gasteiger partial charge on any atom is 0.341 e.